The summed E-state index contributed by atoms with van der Waals surface area (Å²) in [5.74, 6) is 1.58. The summed E-state index contributed by atoms with van der Waals surface area (Å²) < 4.78 is 0.250. The van der Waals surface area contributed by atoms with Crippen LogP contribution in [0.3, 0.4) is 0 Å². The highest BCUT2D eigenvalue weighted by molar-refractivity contribution is 8.00. The predicted octanol–water partition coefficient (Wildman–Crippen LogP) is 3.13. The van der Waals surface area contributed by atoms with E-state index in [4.69, 9.17) is 0 Å². The minimum atomic E-state index is 0.250. The molecule has 2 heteroatoms. The van der Waals surface area contributed by atoms with Crippen molar-refractivity contribution >= 4 is 11.8 Å². The van der Waals surface area contributed by atoms with Crippen LogP contribution in [0.15, 0.2) is 24.3 Å². The molecule has 1 N–H and O–H groups in total. The van der Waals surface area contributed by atoms with Crippen molar-refractivity contribution in [3.8, 4) is 5.75 Å². The number of phenolic OH excluding ortho intramolecular Hbond substituents is 1. The highest BCUT2D eigenvalue weighted by Gasteiger charge is 2.45. The van der Waals surface area contributed by atoms with E-state index in [-0.39, 0.29) is 4.75 Å². The van der Waals surface area contributed by atoms with Crippen LogP contribution in [0.25, 0.3) is 0 Å². The van der Waals surface area contributed by atoms with Crippen LogP contribution in [0.2, 0.25) is 0 Å². The summed E-state index contributed by atoms with van der Waals surface area (Å²) >= 11 is 1.95. The van der Waals surface area contributed by atoms with E-state index in [1.54, 1.807) is 6.07 Å². The molecule has 0 radical (unpaired) electrons. The Morgan fingerprint density at radius 1 is 1.38 bits per heavy atom. The first kappa shape index (κ1) is 8.95. The molecule has 70 valence electrons. The van der Waals surface area contributed by atoms with Crippen LogP contribution >= 0.6 is 11.8 Å². The summed E-state index contributed by atoms with van der Waals surface area (Å²) in [6, 6.07) is 7.72. The number of hydrogen-bond donors (Lipinski definition) is 1. The fourth-order valence-corrected chi connectivity index (χ4v) is 3.01. The Labute approximate surface area is 83.2 Å². The molecular weight excluding hydrogens is 180 g/mol. The summed E-state index contributed by atoms with van der Waals surface area (Å²) in [5, 5.41) is 9.70. The molecule has 0 spiro atoms. The van der Waals surface area contributed by atoms with Crippen molar-refractivity contribution < 1.29 is 5.11 Å². The first-order chi connectivity index (χ1) is 6.28. The molecule has 1 aromatic rings. The predicted molar refractivity (Wildman–Crippen MR) is 57.2 cm³/mol. The topological polar surface area (TPSA) is 20.2 Å². The van der Waals surface area contributed by atoms with Gasteiger partial charge in [0, 0.05) is 10.3 Å². The van der Waals surface area contributed by atoms with Gasteiger partial charge in [-0.25, -0.2) is 0 Å². The van der Waals surface area contributed by atoms with Gasteiger partial charge in [0.25, 0.3) is 0 Å². The van der Waals surface area contributed by atoms with E-state index in [1.165, 1.54) is 12.8 Å². The van der Waals surface area contributed by atoms with Gasteiger partial charge in [-0.15, -0.1) is 0 Å². The number of benzene rings is 1. The van der Waals surface area contributed by atoms with E-state index >= 15 is 0 Å². The third-order valence-electron chi connectivity index (χ3n) is 2.52. The minimum absolute atomic E-state index is 0.250. The summed E-state index contributed by atoms with van der Waals surface area (Å²) in [4.78, 5) is 0. The van der Waals surface area contributed by atoms with Gasteiger partial charge in [0.15, 0.2) is 0 Å². The highest BCUT2D eigenvalue weighted by Crippen LogP contribution is 2.58. The van der Waals surface area contributed by atoms with E-state index < -0.39 is 0 Å². The van der Waals surface area contributed by atoms with E-state index in [2.05, 4.69) is 6.92 Å². The average Bonchev–Trinajstić information content (AvgIpc) is 2.87. The summed E-state index contributed by atoms with van der Waals surface area (Å²) in [5.41, 5.74) is 1.13. The van der Waals surface area contributed by atoms with Crippen LogP contribution in [-0.2, 0) is 4.75 Å². The second kappa shape index (κ2) is 3.26. The SMILES string of the molecule is CCSC1(c2ccccc2O)CC1. The van der Waals surface area contributed by atoms with E-state index in [9.17, 15) is 5.11 Å². The van der Waals surface area contributed by atoms with Crippen molar-refractivity contribution in [2.45, 2.75) is 24.5 Å². The Hall–Kier alpha value is -0.630. The van der Waals surface area contributed by atoms with Crippen LogP contribution in [0.1, 0.15) is 25.3 Å². The number of aromatic hydroxyl groups is 1. The molecule has 1 nitrogen and oxygen atoms in total. The maximum Gasteiger partial charge on any atom is 0.120 e. The third kappa shape index (κ3) is 1.55. The molecule has 0 amide bonds. The Kier molecular flexibility index (Phi) is 2.24. The van der Waals surface area contributed by atoms with E-state index in [1.807, 2.05) is 30.0 Å². The van der Waals surface area contributed by atoms with Gasteiger partial charge < -0.3 is 5.11 Å². The van der Waals surface area contributed by atoms with Crippen molar-refractivity contribution in [2.75, 3.05) is 5.75 Å². The molecular formula is C11H14OS. The lowest BCUT2D eigenvalue weighted by Gasteiger charge is -2.15. The highest BCUT2D eigenvalue weighted by atomic mass is 32.2. The van der Waals surface area contributed by atoms with Gasteiger partial charge in [-0.1, -0.05) is 25.1 Å². The normalized spacial score (nSPS) is 18.5. The van der Waals surface area contributed by atoms with Gasteiger partial charge in [-0.3, -0.25) is 0 Å². The van der Waals surface area contributed by atoms with Crippen LogP contribution in [-0.4, -0.2) is 10.9 Å². The molecule has 0 heterocycles. The molecule has 2 rings (SSSR count). The number of hydrogen-bond acceptors (Lipinski definition) is 2. The Bertz CT molecular complexity index is 305. The maximum atomic E-state index is 9.70. The minimum Gasteiger partial charge on any atom is -0.508 e. The smallest absolute Gasteiger partial charge is 0.120 e. The molecule has 1 saturated carbocycles. The Balaban J connectivity index is 2.30. The van der Waals surface area contributed by atoms with Gasteiger partial charge >= 0.3 is 0 Å². The number of rotatable bonds is 3. The summed E-state index contributed by atoms with van der Waals surface area (Å²) in [7, 11) is 0. The van der Waals surface area contributed by atoms with Crippen molar-refractivity contribution in [1.29, 1.82) is 0 Å². The number of phenols is 1. The molecule has 1 aliphatic rings. The van der Waals surface area contributed by atoms with Gasteiger partial charge in [0.1, 0.15) is 5.75 Å². The van der Waals surface area contributed by atoms with Crippen LogP contribution < -0.4 is 0 Å². The van der Waals surface area contributed by atoms with Crippen molar-refractivity contribution in [2.24, 2.45) is 0 Å². The molecule has 0 bridgehead atoms. The van der Waals surface area contributed by atoms with Gasteiger partial charge in [0.05, 0.1) is 0 Å². The van der Waals surface area contributed by atoms with Gasteiger partial charge in [-0.05, 0) is 24.7 Å². The zero-order chi connectivity index (χ0) is 9.31. The van der Waals surface area contributed by atoms with Crippen LogP contribution in [0.5, 0.6) is 5.75 Å². The standard InChI is InChI=1S/C11H14OS/c1-2-13-11(7-8-11)9-5-3-4-6-10(9)12/h3-6,12H,2,7-8H2,1H3. The fraction of sp³-hybridized carbons (Fsp3) is 0.455. The zero-order valence-electron chi connectivity index (χ0n) is 7.79. The fourth-order valence-electron chi connectivity index (χ4n) is 1.74. The second-order valence-corrected chi connectivity index (χ2v) is 5.09. The first-order valence-electron chi connectivity index (χ1n) is 4.71. The Morgan fingerprint density at radius 3 is 2.62 bits per heavy atom. The van der Waals surface area contributed by atoms with Crippen molar-refractivity contribution in [1.82, 2.24) is 0 Å². The second-order valence-electron chi connectivity index (χ2n) is 3.44. The van der Waals surface area contributed by atoms with Crippen LogP contribution in [0.4, 0.5) is 0 Å². The molecule has 1 fully saturated rings. The lowest BCUT2D eigenvalue weighted by molar-refractivity contribution is 0.467. The molecule has 1 aliphatic carbocycles. The quantitative estimate of drug-likeness (QED) is 0.797. The zero-order valence-corrected chi connectivity index (χ0v) is 8.60. The molecule has 0 aromatic heterocycles. The van der Waals surface area contributed by atoms with E-state index in [0.29, 0.717) is 5.75 Å². The average molecular weight is 194 g/mol. The summed E-state index contributed by atoms with van der Waals surface area (Å²) in [6.45, 7) is 2.17. The van der Waals surface area contributed by atoms with Crippen molar-refractivity contribution in [3.63, 3.8) is 0 Å². The molecule has 13 heavy (non-hydrogen) atoms. The Morgan fingerprint density at radius 2 is 2.08 bits per heavy atom. The lowest BCUT2D eigenvalue weighted by Crippen LogP contribution is -2.01. The van der Waals surface area contributed by atoms with Crippen molar-refractivity contribution in [3.05, 3.63) is 29.8 Å². The molecule has 0 atom stereocenters. The monoisotopic (exact) mass is 194 g/mol. The summed E-state index contributed by atoms with van der Waals surface area (Å²) in [6.07, 6.45) is 2.42. The molecule has 0 saturated heterocycles. The van der Waals surface area contributed by atoms with E-state index in [0.717, 1.165) is 11.3 Å². The first-order valence-corrected chi connectivity index (χ1v) is 5.69. The molecule has 0 unspecified atom stereocenters. The van der Waals surface area contributed by atoms with Crippen LogP contribution in [0, 0.1) is 0 Å². The largest absolute Gasteiger partial charge is 0.508 e. The molecule has 1 aromatic carbocycles. The van der Waals surface area contributed by atoms with Gasteiger partial charge in [0.2, 0.25) is 0 Å². The molecule has 0 aliphatic heterocycles. The number of thioether (sulfide) groups is 1. The third-order valence-corrected chi connectivity index (χ3v) is 3.99. The maximum absolute atomic E-state index is 9.70. The number of para-hydroxylation sites is 1. The lowest BCUT2D eigenvalue weighted by atomic mass is 10.1. The van der Waals surface area contributed by atoms with Gasteiger partial charge in [-0.2, -0.15) is 11.8 Å².